The molecule has 1 saturated carbocycles. The third-order valence-corrected chi connectivity index (χ3v) is 3.36. The Morgan fingerprint density at radius 3 is 2.31 bits per heavy atom. The van der Waals surface area contributed by atoms with Crippen molar-refractivity contribution in [3.8, 4) is 0 Å². The van der Waals surface area contributed by atoms with Crippen molar-refractivity contribution < 1.29 is 9.59 Å². The SMILES string of the molecule is O=C1NC(=O)C(=C2CCCCC2)S1. The number of carbonyl (C=O) groups excluding carboxylic acids is 2. The average Bonchev–Trinajstić information content (AvgIpc) is 2.47. The number of amides is 2. The van der Waals surface area contributed by atoms with Gasteiger partial charge in [0.2, 0.25) is 0 Å². The van der Waals surface area contributed by atoms with Crippen molar-refractivity contribution in [2.45, 2.75) is 32.1 Å². The smallest absolute Gasteiger partial charge is 0.282 e. The first-order valence-corrected chi connectivity index (χ1v) is 5.34. The normalized spacial score (nSPS) is 23.7. The van der Waals surface area contributed by atoms with Crippen molar-refractivity contribution in [2.75, 3.05) is 0 Å². The van der Waals surface area contributed by atoms with Gasteiger partial charge in [-0.1, -0.05) is 12.0 Å². The molecule has 3 nitrogen and oxygen atoms in total. The second-order valence-corrected chi connectivity index (χ2v) is 4.32. The van der Waals surface area contributed by atoms with Crippen molar-refractivity contribution in [3.05, 3.63) is 10.5 Å². The molecule has 1 N–H and O–H groups in total. The van der Waals surface area contributed by atoms with Crippen LogP contribution < -0.4 is 5.32 Å². The number of hydrogen-bond donors (Lipinski definition) is 1. The fourth-order valence-electron chi connectivity index (χ4n) is 1.75. The summed E-state index contributed by atoms with van der Waals surface area (Å²) in [7, 11) is 0. The molecule has 0 atom stereocenters. The van der Waals surface area contributed by atoms with Crippen LogP contribution in [0.2, 0.25) is 0 Å². The van der Waals surface area contributed by atoms with Crippen LogP contribution in [0, 0.1) is 0 Å². The lowest BCUT2D eigenvalue weighted by Crippen LogP contribution is -2.18. The first kappa shape index (κ1) is 8.81. The number of rotatable bonds is 0. The third kappa shape index (κ3) is 1.77. The molecule has 0 unspecified atom stereocenters. The third-order valence-electron chi connectivity index (χ3n) is 2.39. The lowest BCUT2D eigenvalue weighted by molar-refractivity contribution is -0.115. The number of imide groups is 1. The molecule has 1 saturated heterocycles. The number of thioether (sulfide) groups is 1. The summed E-state index contributed by atoms with van der Waals surface area (Å²) in [5, 5.41) is 2.07. The molecular weight excluding hydrogens is 186 g/mol. The summed E-state index contributed by atoms with van der Waals surface area (Å²) < 4.78 is 0. The van der Waals surface area contributed by atoms with E-state index in [2.05, 4.69) is 5.32 Å². The fourth-order valence-corrected chi connectivity index (χ4v) is 2.57. The van der Waals surface area contributed by atoms with Crippen LogP contribution in [0.25, 0.3) is 0 Å². The molecule has 0 aromatic rings. The molecule has 0 bridgehead atoms. The Morgan fingerprint density at radius 2 is 1.77 bits per heavy atom. The molecule has 2 aliphatic rings. The quantitative estimate of drug-likeness (QED) is 0.605. The Hall–Kier alpha value is -0.770. The first-order valence-electron chi connectivity index (χ1n) is 4.52. The molecule has 2 fully saturated rings. The van der Waals surface area contributed by atoms with Crippen molar-refractivity contribution in [3.63, 3.8) is 0 Å². The molecule has 0 aromatic heterocycles. The van der Waals surface area contributed by atoms with Crippen molar-refractivity contribution >= 4 is 22.9 Å². The molecule has 1 heterocycles. The van der Waals surface area contributed by atoms with E-state index >= 15 is 0 Å². The molecule has 1 aliphatic heterocycles. The summed E-state index contributed by atoms with van der Waals surface area (Å²) in [6.07, 6.45) is 5.53. The zero-order chi connectivity index (χ0) is 9.26. The molecule has 0 radical (unpaired) electrons. The standard InChI is InChI=1S/C9H11NO2S/c11-8-7(13-9(12)10-8)6-4-2-1-3-5-6/h1-5H2,(H,10,11,12). The van der Waals surface area contributed by atoms with E-state index in [1.54, 1.807) is 0 Å². The van der Waals surface area contributed by atoms with Crippen LogP contribution in [-0.2, 0) is 4.79 Å². The Bertz CT molecular complexity index is 288. The number of nitrogens with one attached hydrogen (secondary N) is 1. The fraction of sp³-hybridized carbons (Fsp3) is 0.556. The van der Waals surface area contributed by atoms with Gasteiger partial charge in [0.25, 0.3) is 11.1 Å². The van der Waals surface area contributed by atoms with Crippen LogP contribution >= 0.6 is 11.8 Å². The van der Waals surface area contributed by atoms with Crippen LogP contribution in [0.1, 0.15) is 32.1 Å². The van der Waals surface area contributed by atoms with Crippen LogP contribution in [0.5, 0.6) is 0 Å². The van der Waals surface area contributed by atoms with Crippen LogP contribution in [0.15, 0.2) is 10.5 Å². The zero-order valence-corrected chi connectivity index (χ0v) is 8.08. The molecule has 1 aliphatic carbocycles. The van der Waals surface area contributed by atoms with E-state index in [0.29, 0.717) is 4.91 Å². The van der Waals surface area contributed by atoms with Crippen LogP contribution in [0.4, 0.5) is 4.79 Å². The van der Waals surface area contributed by atoms with E-state index in [-0.39, 0.29) is 11.1 Å². The van der Waals surface area contributed by atoms with E-state index in [9.17, 15) is 9.59 Å². The number of allylic oxidation sites excluding steroid dienone is 1. The minimum Gasteiger partial charge on any atom is -0.282 e. The molecule has 13 heavy (non-hydrogen) atoms. The molecule has 2 rings (SSSR count). The van der Waals surface area contributed by atoms with Gasteiger partial charge in [-0.3, -0.25) is 14.9 Å². The van der Waals surface area contributed by atoms with Gasteiger partial charge in [-0.2, -0.15) is 0 Å². The van der Waals surface area contributed by atoms with Crippen molar-refractivity contribution in [1.29, 1.82) is 0 Å². The molecule has 0 aromatic carbocycles. The maximum atomic E-state index is 11.3. The summed E-state index contributed by atoms with van der Waals surface area (Å²) in [5.41, 5.74) is 1.18. The summed E-state index contributed by atoms with van der Waals surface area (Å²) >= 11 is 1.06. The average molecular weight is 197 g/mol. The maximum absolute atomic E-state index is 11.3. The van der Waals surface area contributed by atoms with E-state index in [1.807, 2.05) is 0 Å². The van der Waals surface area contributed by atoms with Gasteiger partial charge in [0.15, 0.2) is 0 Å². The van der Waals surface area contributed by atoms with Crippen LogP contribution in [-0.4, -0.2) is 11.1 Å². The molecule has 4 heteroatoms. The predicted octanol–water partition coefficient (Wildman–Crippen LogP) is 2.19. The van der Waals surface area contributed by atoms with E-state index in [4.69, 9.17) is 0 Å². The summed E-state index contributed by atoms with van der Waals surface area (Å²) in [5.74, 6) is -0.188. The van der Waals surface area contributed by atoms with Gasteiger partial charge in [0.1, 0.15) is 0 Å². The summed E-state index contributed by atoms with van der Waals surface area (Å²) in [6, 6.07) is 0. The minimum atomic E-state index is -0.224. The van der Waals surface area contributed by atoms with Gasteiger partial charge < -0.3 is 0 Å². The highest BCUT2D eigenvalue weighted by atomic mass is 32.2. The predicted molar refractivity (Wildman–Crippen MR) is 51.2 cm³/mol. The van der Waals surface area contributed by atoms with Crippen molar-refractivity contribution in [1.82, 2.24) is 5.32 Å². The second kappa shape index (κ2) is 3.54. The van der Waals surface area contributed by atoms with Gasteiger partial charge >= 0.3 is 0 Å². The molecule has 70 valence electrons. The Kier molecular flexibility index (Phi) is 2.40. The van der Waals surface area contributed by atoms with E-state index in [0.717, 1.165) is 37.4 Å². The lowest BCUT2D eigenvalue weighted by atomic mass is 9.94. The van der Waals surface area contributed by atoms with Gasteiger partial charge in [-0.15, -0.1) is 0 Å². The molecule has 2 amide bonds. The first-order chi connectivity index (χ1) is 6.27. The van der Waals surface area contributed by atoms with Gasteiger partial charge in [0, 0.05) is 0 Å². The van der Waals surface area contributed by atoms with Gasteiger partial charge in [-0.25, -0.2) is 0 Å². The Balaban J connectivity index is 2.21. The number of hydrogen-bond acceptors (Lipinski definition) is 3. The lowest BCUT2D eigenvalue weighted by Gasteiger charge is -2.14. The van der Waals surface area contributed by atoms with E-state index in [1.165, 1.54) is 12.0 Å². The highest BCUT2D eigenvalue weighted by molar-refractivity contribution is 8.18. The summed E-state index contributed by atoms with van der Waals surface area (Å²) in [6.45, 7) is 0. The van der Waals surface area contributed by atoms with Gasteiger partial charge in [0.05, 0.1) is 4.91 Å². The monoisotopic (exact) mass is 197 g/mol. The zero-order valence-electron chi connectivity index (χ0n) is 7.26. The van der Waals surface area contributed by atoms with Crippen molar-refractivity contribution in [2.24, 2.45) is 0 Å². The van der Waals surface area contributed by atoms with Crippen LogP contribution in [0.3, 0.4) is 0 Å². The van der Waals surface area contributed by atoms with E-state index < -0.39 is 0 Å². The minimum absolute atomic E-state index is 0.188. The summed E-state index contributed by atoms with van der Waals surface area (Å²) in [4.78, 5) is 22.8. The Labute approximate surface area is 81.0 Å². The second-order valence-electron chi connectivity index (χ2n) is 3.34. The highest BCUT2D eigenvalue weighted by Gasteiger charge is 2.28. The Morgan fingerprint density at radius 1 is 1.08 bits per heavy atom. The van der Waals surface area contributed by atoms with Gasteiger partial charge in [-0.05, 0) is 37.4 Å². The topological polar surface area (TPSA) is 46.2 Å². The maximum Gasteiger partial charge on any atom is 0.290 e. The molecule has 0 spiro atoms. The largest absolute Gasteiger partial charge is 0.290 e. The highest BCUT2D eigenvalue weighted by Crippen LogP contribution is 2.34. The molecular formula is C9H11NO2S. The number of carbonyl (C=O) groups is 2.